The zero-order valence-corrected chi connectivity index (χ0v) is 12.3. The number of amides is 1. The van der Waals surface area contributed by atoms with E-state index in [2.05, 4.69) is 5.10 Å². The molecule has 1 aliphatic heterocycles. The molecule has 1 atom stereocenters. The molecule has 3 rings (SSSR count). The van der Waals surface area contributed by atoms with Crippen molar-refractivity contribution in [1.82, 2.24) is 14.7 Å². The smallest absolute Gasteiger partial charge is 0.257 e. The molecule has 21 heavy (non-hydrogen) atoms. The van der Waals surface area contributed by atoms with Crippen molar-refractivity contribution in [2.24, 2.45) is 7.05 Å². The average molecular weight is 289 g/mol. The SMILES string of the molecule is CN(Cc1ccco1)C(=O)c1cn(C)nc1[C@H]1CCOC1. The number of nitrogens with zero attached hydrogens (tertiary/aromatic N) is 3. The fraction of sp³-hybridized carbons (Fsp3) is 0.467. The first kappa shape index (κ1) is 13.9. The van der Waals surface area contributed by atoms with E-state index in [0.29, 0.717) is 18.7 Å². The van der Waals surface area contributed by atoms with E-state index < -0.39 is 0 Å². The monoisotopic (exact) mass is 289 g/mol. The summed E-state index contributed by atoms with van der Waals surface area (Å²) in [5.41, 5.74) is 1.49. The van der Waals surface area contributed by atoms with Crippen LogP contribution in [0.25, 0.3) is 0 Å². The Bertz CT molecular complexity index is 612. The van der Waals surface area contributed by atoms with Gasteiger partial charge in [0.05, 0.1) is 30.7 Å². The number of hydrogen-bond acceptors (Lipinski definition) is 4. The third-order valence-electron chi connectivity index (χ3n) is 3.72. The van der Waals surface area contributed by atoms with Gasteiger partial charge in [-0.15, -0.1) is 0 Å². The van der Waals surface area contributed by atoms with Crippen LogP contribution in [0.3, 0.4) is 0 Å². The zero-order valence-electron chi connectivity index (χ0n) is 12.3. The molecule has 2 aromatic rings. The van der Waals surface area contributed by atoms with Gasteiger partial charge in [0.15, 0.2) is 0 Å². The molecule has 0 bridgehead atoms. The Labute approximate surface area is 123 Å². The lowest BCUT2D eigenvalue weighted by Gasteiger charge is -2.16. The van der Waals surface area contributed by atoms with Gasteiger partial charge < -0.3 is 14.1 Å². The molecular weight excluding hydrogens is 270 g/mol. The van der Waals surface area contributed by atoms with E-state index in [1.54, 1.807) is 29.1 Å². The Morgan fingerprint density at radius 1 is 1.57 bits per heavy atom. The molecule has 0 spiro atoms. The number of hydrogen-bond donors (Lipinski definition) is 0. The third-order valence-corrected chi connectivity index (χ3v) is 3.72. The zero-order chi connectivity index (χ0) is 14.8. The van der Waals surface area contributed by atoms with Gasteiger partial charge in [0.25, 0.3) is 5.91 Å². The average Bonchev–Trinajstić information content (AvgIpc) is 3.17. The summed E-state index contributed by atoms with van der Waals surface area (Å²) in [5, 5.41) is 4.46. The van der Waals surface area contributed by atoms with Crippen LogP contribution < -0.4 is 0 Å². The van der Waals surface area contributed by atoms with E-state index in [4.69, 9.17) is 9.15 Å². The third kappa shape index (κ3) is 2.85. The van der Waals surface area contributed by atoms with Gasteiger partial charge in [-0.25, -0.2) is 0 Å². The lowest BCUT2D eigenvalue weighted by atomic mass is 10.0. The van der Waals surface area contributed by atoms with Crippen molar-refractivity contribution >= 4 is 5.91 Å². The van der Waals surface area contributed by atoms with E-state index in [1.165, 1.54) is 0 Å². The highest BCUT2D eigenvalue weighted by atomic mass is 16.5. The Balaban J connectivity index is 1.80. The molecule has 1 saturated heterocycles. The summed E-state index contributed by atoms with van der Waals surface area (Å²) in [6.45, 7) is 1.82. The predicted molar refractivity (Wildman–Crippen MR) is 75.9 cm³/mol. The molecule has 0 N–H and O–H groups in total. The number of rotatable bonds is 4. The fourth-order valence-electron chi connectivity index (χ4n) is 2.64. The first-order valence-electron chi connectivity index (χ1n) is 7.04. The van der Waals surface area contributed by atoms with Gasteiger partial charge in [-0.05, 0) is 18.6 Å². The highest BCUT2D eigenvalue weighted by Crippen LogP contribution is 2.27. The first-order valence-corrected chi connectivity index (χ1v) is 7.04. The topological polar surface area (TPSA) is 60.5 Å². The van der Waals surface area contributed by atoms with Crippen LogP contribution in [0.15, 0.2) is 29.0 Å². The van der Waals surface area contributed by atoms with Crippen LogP contribution >= 0.6 is 0 Å². The number of ether oxygens (including phenoxy) is 1. The maximum absolute atomic E-state index is 12.7. The van der Waals surface area contributed by atoms with Crippen LogP contribution in [0.2, 0.25) is 0 Å². The summed E-state index contributed by atoms with van der Waals surface area (Å²) in [6, 6.07) is 3.68. The predicted octanol–water partition coefficient (Wildman–Crippen LogP) is 1.79. The number of aryl methyl sites for hydroxylation is 1. The Kier molecular flexibility index (Phi) is 3.79. The molecule has 0 unspecified atom stereocenters. The molecule has 0 saturated carbocycles. The van der Waals surface area contributed by atoms with Crippen LogP contribution in [0.5, 0.6) is 0 Å². The molecule has 1 aliphatic rings. The second-order valence-electron chi connectivity index (χ2n) is 5.40. The summed E-state index contributed by atoms with van der Waals surface area (Å²) in [5.74, 6) is 0.934. The van der Waals surface area contributed by atoms with Crippen LogP contribution in [-0.4, -0.2) is 40.8 Å². The molecule has 3 heterocycles. The number of carbonyl (C=O) groups excluding carboxylic acids is 1. The minimum atomic E-state index is -0.0404. The first-order chi connectivity index (χ1) is 10.1. The summed E-state index contributed by atoms with van der Waals surface area (Å²) in [6.07, 6.45) is 4.31. The summed E-state index contributed by atoms with van der Waals surface area (Å²) < 4.78 is 12.4. The van der Waals surface area contributed by atoms with E-state index >= 15 is 0 Å². The van der Waals surface area contributed by atoms with Gasteiger partial charge in [0, 0.05) is 32.8 Å². The molecule has 112 valence electrons. The van der Waals surface area contributed by atoms with Crippen molar-refractivity contribution in [3.05, 3.63) is 41.6 Å². The molecule has 2 aromatic heterocycles. The minimum Gasteiger partial charge on any atom is -0.467 e. The summed E-state index contributed by atoms with van der Waals surface area (Å²) >= 11 is 0. The van der Waals surface area contributed by atoms with Gasteiger partial charge >= 0.3 is 0 Å². The molecule has 0 aliphatic carbocycles. The van der Waals surface area contributed by atoms with E-state index in [0.717, 1.165) is 24.5 Å². The van der Waals surface area contributed by atoms with Crippen molar-refractivity contribution < 1.29 is 13.9 Å². The van der Waals surface area contributed by atoms with Gasteiger partial charge in [-0.3, -0.25) is 9.48 Å². The standard InChI is InChI=1S/C15H19N3O3/c1-17(8-12-4-3-6-21-12)15(19)13-9-18(2)16-14(13)11-5-7-20-10-11/h3-4,6,9,11H,5,7-8,10H2,1-2H3/t11-/m0/s1. The molecular formula is C15H19N3O3. The molecule has 6 heteroatoms. The lowest BCUT2D eigenvalue weighted by Crippen LogP contribution is -2.27. The molecule has 0 radical (unpaired) electrons. The Morgan fingerprint density at radius 2 is 2.43 bits per heavy atom. The second-order valence-corrected chi connectivity index (χ2v) is 5.40. The number of furan rings is 1. The summed E-state index contributed by atoms with van der Waals surface area (Å²) in [4.78, 5) is 14.3. The highest BCUT2D eigenvalue weighted by Gasteiger charge is 2.28. The van der Waals surface area contributed by atoms with E-state index in [1.807, 2.05) is 19.2 Å². The maximum Gasteiger partial charge on any atom is 0.257 e. The minimum absolute atomic E-state index is 0.0404. The fourth-order valence-corrected chi connectivity index (χ4v) is 2.64. The van der Waals surface area contributed by atoms with E-state index in [-0.39, 0.29) is 11.8 Å². The molecule has 6 nitrogen and oxygen atoms in total. The lowest BCUT2D eigenvalue weighted by molar-refractivity contribution is 0.0773. The van der Waals surface area contributed by atoms with Gasteiger partial charge in [0.2, 0.25) is 0 Å². The number of aromatic nitrogens is 2. The van der Waals surface area contributed by atoms with Crippen LogP contribution in [0.4, 0.5) is 0 Å². The van der Waals surface area contributed by atoms with Crippen LogP contribution in [-0.2, 0) is 18.3 Å². The summed E-state index contributed by atoms with van der Waals surface area (Å²) in [7, 11) is 3.61. The largest absolute Gasteiger partial charge is 0.467 e. The maximum atomic E-state index is 12.7. The molecule has 1 fully saturated rings. The number of carbonyl (C=O) groups is 1. The van der Waals surface area contributed by atoms with Gasteiger partial charge in [-0.2, -0.15) is 5.10 Å². The van der Waals surface area contributed by atoms with E-state index in [9.17, 15) is 4.79 Å². The van der Waals surface area contributed by atoms with Crippen LogP contribution in [0, 0.1) is 0 Å². The van der Waals surface area contributed by atoms with Crippen molar-refractivity contribution in [1.29, 1.82) is 0 Å². The van der Waals surface area contributed by atoms with Crippen LogP contribution in [0.1, 0.15) is 34.2 Å². The van der Waals surface area contributed by atoms with Crippen molar-refractivity contribution in [2.75, 3.05) is 20.3 Å². The molecule has 0 aromatic carbocycles. The Hall–Kier alpha value is -2.08. The highest BCUT2D eigenvalue weighted by molar-refractivity contribution is 5.95. The van der Waals surface area contributed by atoms with Gasteiger partial charge in [-0.1, -0.05) is 0 Å². The normalized spacial score (nSPS) is 18.1. The quantitative estimate of drug-likeness (QED) is 0.861. The second kappa shape index (κ2) is 5.73. The van der Waals surface area contributed by atoms with Crippen molar-refractivity contribution in [3.8, 4) is 0 Å². The van der Waals surface area contributed by atoms with Crippen molar-refractivity contribution in [3.63, 3.8) is 0 Å². The van der Waals surface area contributed by atoms with Crippen molar-refractivity contribution in [2.45, 2.75) is 18.9 Å². The Morgan fingerprint density at radius 3 is 3.10 bits per heavy atom. The molecule has 1 amide bonds. The van der Waals surface area contributed by atoms with Gasteiger partial charge in [0.1, 0.15) is 5.76 Å².